The number of fused-ring (bicyclic) bond motifs is 1. The molecule has 2 aromatic carbocycles. The fourth-order valence-electron chi connectivity index (χ4n) is 4.12. The van der Waals surface area contributed by atoms with Crippen molar-refractivity contribution in [1.29, 1.82) is 0 Å². The zero-order valence-electron chi connectivity index (χ0n) is 17.3. The van der Waals surface area contributed by atoms with E-state index in [-0.39, 0.29) is 23.6 Å². The molecule has 1 aromatic heterocycles. The van der Waals surface area contributed by atoms with Gasteiger partial charge in [0, 0.05) is 36.2 Å². The third kappa shape index (κ3) is 3.56. The van der Waals surface area contributed by atoms with Gasteiger partial charge in [0.25, 0.3) is 0 Å². The molecule has 6 nitrogen and oxygen atoms in total. The smallest absolute Gasteiger partial charge is 0.230 e. The molecule has 0 bridgehead atoms. The Bertz CT molecular complexity index is 1170. The number of rotatable bonds is 4. The molecule has 0 saturated heterocycles. The Morgan fingerprint density at radius 1 is 1.16 bits per heavy atom. The van der Waals surface area contributed by atoms with Crippen molar-refractivity contribution in [2.75, 3.05) is 4.90 Å². The Morgan fingerprint density at radius 3 is 2.68 bits per heavy atom. The third-order valence-corrected chi connectivity index (χ3v) is 5.90. The van der Waals surface area contributed by atoms with Crippen LogP contribution in [0, 0.1) is 17.6 Å². The molecule has 0 radical (unpaired) electrons. The van der Waals surface area contributed by atoms with Gasteiger partial charge in [0.15, 0.2) is 11.6 Å². The molecular formula is C23H22F2N4O2. The van der Waals surface area contributed by atoms with Gasteiger partial charge in [-0.25, -0.2) is 8.78 Å². The second kappa shape index (κ2) is 7.44. The maximum absolute atomic E-state index is 14.4. The highest BCUT2D eigenvalue weighted by Crippen LogP contribution is 2.46. The number of benzene rings is 2. The number of anilines is 1. The predicted octanol–water partition coefficient (Wildman–Crippen LogP) is 4.63. The number of nitrogens with zero attached hydrogens (tertiary/aromatic N) is 4. The molecule has 2 aliphatic rings. The van der Waals surface area contributed by atoms with Crippen LogP contribution in [0.2, 0.25) is 0 Å². The number of ether oxygens (including phenoxy) is 1. The molecule has 0 spiro atoms. The van der Waals surface area contributed by atoms with Gasteiger partial charge in [-0.05, 0) is 56.9 Å². The Balaban J connectivity index is 1.67. The van der Waals surface area contributed by atoms with Crippen molar-refractivity contribution in [2.45, 2.75) is 38.6 Å². The topological polar surface area (TPSA) is 60.2 Å². The van der Waals surface area contributed by atoms with Crippen molar-refractivity contribution in [3.8, 4) is 22.8 Å². The van der Waals surface area contributed by atoms with Crippen LogP contribution in [0.4, 0.5) is 14.5 Å². The Hall–Kier alpha value is -3.29. The van der Waals surface area contributed by atoms with Gasteiger partial charge in [-0.1, -0.05) is 5.21 Å². The lowest BCUT2D eigenvalue weighted by molar-refractivity contribution is -0.120. The first-order valence-electron chi connectivity index (χ1n) is 10.4. The largest absolute Gasteiger partial charge is 0.453 e. The minimum atomic E-state index is -0.667. The van der Waals surface area contributed by atoms with Gasteiger partial charge in [-0.3, -0.25) is 9.48 Å². The van der Waals surface area contributed by atoms with Crippen LogP contribution in [0.3, 0.4) is 0 Å². The lowest BCUT2D eigenvalue weighted by Gasteiger charge is -2.36. The quantitative estimate of drug-likeness (QED) is 0.613. The van der Waals surface area contributed by atoms with Gasteiger partial charge >= 0.3 is 0 Å². The number of carbonyl (C=O) groups excluding carboxylic acids is 1. The molecule has 8 heteroatoms. The minimum Gasteiger partial charge on any atom is -0.453 e. The standard InChI is InChI=1S/C23H22F2N4O2/c1-13-3-7-17-20(29(13)23(30)14-4-5-14)10-8-16(19-12-28(2)27-26-19)22(17)31-21-11-15(24)6-9-18(21)25/h6,8-14H,3-5,7H2,1-2H3. The molecule has 5 rings (SSSR count). The molecule has 160 valence electrons. The van der Waals surface area contributed by atoms with Gasteiger partial charge in [-0.15, -0.1) is 5.10 Å². The van der Waals surface area contributed by atoms with Gasteiger partial charge in [0.05, 0.1) is 11.9 Å². The van der Waals surface area contributed by atoms with Gasteiger partial charge in [-0.2, -0.15) is 0 Å². The minimum absolute atomic E-state index is 0.0572. The lowest BCUT2D eigenvalue weighted by atomic mass is 9.92. The summed E-state index contributed by atoms with van der Waals surface area (Å²) in [6, 6.07) is 6.86. The lowest BCUT2D eigenvalue weighted by Crippen LogP contribution is -2.43. The van der Waals surface area contributed by atoms with Crippen LogP contribution in [0.15, 0.2) is 36.5 Å². The highest BCUT2D eigenvalue weighted by atomic mass is 19.1. The summed E-state index contributed by atoms with van der Waals surface area (Å²) >= 11 is 0. The Labute approximate surface area is 178 Å². The van der Waals surface area contributed by atoms with Crippen molar-refractivity contribution < 1.29 is 18.3 Å². The zero-order chi connectivity index (χ0) is 21.7. The van der Waals surface area contributed by atoms with Crippen LogP contribution in [-0.2, 0) is 18.3 Å². The Morgan fingerprint density at radius 2 is 1.97 bits per heavy atom. The molecule has 1 amide bonds. The first kappa shape index (κ1) is 19.7. The van der Waals surface area contributed by atoms with E-state index in [1.165, 1.54) is 0 Å². The molecule has 1 fully saturated rings. The van der Waals surface area contributed by atoms with E-state index in [0.29, 0.717) is 23.4 Å². The fraction of sp³-hybridized carbons (Fsp3) is 0.348. The molecule has 3 aromatic rings. The summed E-state index contributed by atoms with van der Waals surface area (Å²) in [6.45, 7) is 2.03. The second-order valence-electron chi connectivity index (χ2n) is 8.26. The van der Waals surface area contributed by atoms with Crippen LogP contribution in [0.5, 0.6) is 11.5 Å². The maximum Gasteiger partial charge on any atom is 0.230 e. The van der Waals surface area contributed by atoms with Crippen LogP contribution in [0.25, 0.3) is 11.3 Å². The zero-order valence-corrected chi connectivity index (χ0v) is 17.3. The molecule has 1 unspecified atom stereocenters. The summed E-state index contributed by atoms with van der Waals surface area (Å²) < 4.78 is 35.8. The summed E-state index contributed by atoms with van der Waals surface area (Å²) in [7, 11) is 1.75. The molecular weight excluding hydrogens is 402 g/mol. The van der Waals surface area contributed by atoms with E-state index in [1.54, 1.807) is 24.0 Å². The number of halogens is 2. The molecule has 1 aliphatic carbocycles. The van der Waals surface area contributed by atoms with Gasteiger partial charge < -0.3 is 9.64 Å². The molecule has 1 aliphatic heterocycles. The SMILES string of the molecule is CC1CCc2c(ccc(-c3cn(C)nn3)c2Oc2cc(F)ccc2F)N1C(=O)C1CC1. The van der Waals surface area contributed by atoms with E-state index in [4.69, 9.17) is 4.74 Å². The van der Waals surface area contributed by atoms with Gasteiger partial charge in [0.2, 0.25) is 5.91 Å². The van der Waals surface area contributed by atoms with Crippen molar-refractivity contribution in [3.05, 3.63) is 53.7 Å². The summed E-state index contributed by atoms with van der Waals surface area (Å²) in [5.41, 5.74) is 2.72. The average Bonchev–Trinajstić information content (AvgIpc) is 3.51. The number of hydrogen-bond acceptors (Lipinski definition) is 4. The van der Waals surface area contributed by atoms with Crippen molar-refractivity contribution in [3.63, 3.8) is 0 Å². The van der Waals surface area contributed by atoms with E-state index < -0.39 is 11.6 Å². The summed E-state index contributed by atoms with van der Waals surface area (Å²) in [5, 5.41) is 8.15. The predicted molar refractivity (Wildman–Crippen MR) is 111 cm³/mol. The van der Waals surface area contributed by atoms with Crippen LogP contribution in [0.1, 0.15) is 31.7 Å². The van der Waals surface area contributed by atoms with Crippen LogP contribution < -0.4 is 9.64 Å². The van der Waals surface area contributed by atoms with Crippen molar-refractivity contribution in [2.24, 2.45) is 13.0 Å². The van der Waals surface area contributed by atoms with Gasteiger partial charge in [0.1, 0.15) is 17.3 Å². The average molecular weight is 424 g/mol. The van der Waals surface area contributed by atoms with Crippen LogP contribution >= 0.6 is 0 Å². The summed E-state index contributed by atoms with van der Waals surface area (Å²) in [6.07, 6.45) is 4.94. The number of carbonyl (C=O) groups is 1. The Kier molecular flexibility index (Phi) is 4.72. The second-order valence-corrected chi connectivity index (χ2v) is 8.26. The highest BCUT2D eigenvalue weighted by molar-refractivity contribution is 5.99. The highest BCUT2D eigenvalue weighted by Gasteiger charge is 2.39. The monoisotopic (exact) mass is 424 g/mol. The summed E-state index contributed by atoms with van der Waals surface area (Å²) in [5.74, 6) is -0.914. The van der Waals surface area contributed by atoms with E-state index in [2.05, 4.69) is 10.3 Å². The molecule has 2 heterocycles. The van der Waals surface area contributed by atoms with E-state index in [9.17, 15) is 13.6 Å². The van der Waals surface area contributed by atoms with E-state index in [0.717, 1.165) is 48.7 Å². The molecule has 1 atom stereocenters. The molecule has 1 saturated carbocycles. The first-order chi connectivity index (χ1) is 14.9. The number of aryl methyl sites for hydroxylation is 1. The van der Waals surface area contributed by atoms with E-state index in [1.807, 2.05) is 17.9 Å². The molecule has 31 heavy (non-hydrogen) atoms. The maximum atomic E-state index is 14.4. The fourth-order valence-corrected chi connectivity index (χ4v) is 4.12. The van der Waals surface area contributed by atoms with Crippen molar-refractivity contribution >= 4 is 11.6 Å². The van der Waals surface area contributed by atoms with Crippen LogP contribution in [-0.4, -0.2) is 26.9 Å². The third-order valence-electron chi connectivity index (χ3n) is 5.90. The first-order valence-corrected chi connectivity index (χ1v) is 10.4. The number of hydrogen-bond donors (Lipinski definition) is 0. The number of aromatic nitrogens is 3. The van der Waals surface area contributed by atoms with E-state index >= 15 is 0 Å². The van der Waals surface area contributed by atoms with Crippen molar-refractivity contribution in [1.82, 2.24) is 15.0 Å². The normalized spacial score (nSPS) is 18.1. The number of amides is 1. The summed E-state index contributed by atoms with van der Waals surface area (Å²) in [4.78, 5) is 14.8. The molecule has 0 N–H and O–H groups in total.